The first kappa shape index (κ1) is 15.7. The minimum Gasteiger partial charge on any atom is -0.427 e. The highest BCUT2D eigenvalue weighted by Crippen LogP contribution is 2.14. The molecule has 1 atom stereocenters. The number of benzene rings is 1. The van der Waals surface area contributed by atoms with Crippen molar-refractivity contribution in [3.8, 4) is 5.75 Å². The van der Waals surface area contributed by atoms with Crippen molar-refractivity contribution in [2.45, 2.75) is 26.8 Å². The van der Waals surface area contributed by atoms with Gasteiger partial charge in [0.2, 0.25) is 5.91 Å². The third kappa shape index (κ3) is 4.38. The molecule has 1 aromatic carbocycles. The third-order valence-corrected chi connectivity index (χ3v) is 2.62. The summed E-state index contributed by atoms with van der Waals surface area (Å²) in [5, 5.41) is 2.56. The SMILES string of the molecule is CC(=O)Oc1cccc(C(=O)N[C@H](C(N)=O)C(C)C)c1. The molecule has 0 aliphatic carbocycles. The highest BCUT2D eigenvalue weighted by molar-refractivity contribution is 5.97. The zero-order valence-corrected chi connectivity index (χ0v) is 11.7. The van der Waals surface area contributed by atoms with E-state index in [2.05, 4.69) is 5.32 Å². The summed E-state index contributed by atoms with van der Waals surface area (Å²) in [6.45, 7) is 4.84. The maximum atomic E-state index is 12.0. The molecule has 6 nitrogen and oxygen atoms in total. The summed E-state index contributed by atoms with van der Waals surface area (Å²) >= 11 is 0. The molecule has 0 bridgehead atoms. The summed E-state index contributed by atoms with van der Waals surface area (Å²) in [5.74, 6) is -1.36. The number of ether oxygens (including phenoxy) is 1. The molecular weight excluding hydrogens is 260 g/mol. The second-order valence-corrected chi connectivity index (χ2v) is 4.72. The lowest BCUT2D eigenvalue weighted by atomic mass is 10.0. The normalized spacial score (nSPS) is 11.8. The predicted molar refractivity (Wildman–Crippen MR) is 73.0 cm³/mol. The molecule has 0 unspecified atom stereocenters. The Morgan fingerprint density at radius 3 is 2.40 bits per heavy atom. The molecule has 0 saturated carbocycles. The predicted octanol–water partition coefficient (Wildman–Crippen LogP) is 0.852. The summed E-state index contributed by atoms with van der Waals surface area (Å²) in [6.07, 6.45) is 0. The van der Waals surface area contributed by atoms with Crippen molar-refractivity contribution in [3.05, 3.63) is 29.8 Å². The van der Waals surface area contributed by atoms with E-state index in [-0.39, 0.29) is 17.2 Å². The summed E-state index contributed by atoms with van der Waals surface area (Å²) in [5.41, 5.74) is 5.52. The Balaban J connectivity index is 2.86. The summed E-state index contributed by atoms with van der Waals surface area (Å²) < 4.78 is 4.89. The first-order valence-electron chi connectivity index (χ1n) is 6.20. The van der Waals surface area contributed by atoms with Gasteiger partial charge in [-0.3, -0.25) is 14.4 Å². The van der Waals surface area contributed by atoms with Gasteiger partial charge in [-0.05, 0) is 24.1 Å². The fourth-order valence-corrected chi connectivity index (χ4v) is 1.66. The van der Waals surface area contributed by atoms with Gasteiger partial charge >= 0.3 is 5.97 Å². The van der Waals surface area contributed by atoms with Crippen molar-refractivity contribution in [1.29, 1.82) is 0 Å². The molecule has 0 fully saturated rings. The van der Waals surface area contributed by atoms with Crippen molar-refractivity contribution in [2.24, 2.45) is 11.7 Å². The van der Waals surface area contributed by atoms with E-state index in [0.29, 0.717) is 0 Å². The van der Waals surface area contributed by atoms with Gasteiger partial charge in [0, 0.05) is 12.5 Å². The monoisotopic (exact) mass is 278 g/mol. The topological polar surface area (TPSA) is 98.5 Å². The fourth-order valence-electron chi connectivity index (χ4n) is 1.66. The van der Waals surface area contributed by atoms with Crippen LogP contribution >= 0.6 is 0 Å². The van der Waals surface area contributed by atoms with E-state index in [1.165, 1.54) is 13.0 Å². The van der Waals surface area contributed by atoms with Crippen LogP contribution in [-0.4, -0.2) is 23.8 Å². The molecule has 108 valence electrons. The van der Waals surface area contributed by atoms with E-state index >= 15 is 0 Å². The van der Waals surface area contributed by atoms with Crippen LogP contribution in [0, 0.1) is 5.92 Å². The molecule has 6 heteroatoms. The Morgan fingerprint density at radius 2 is 1.90 bits per heavy atom. The number of nitrogens with two attached hydrogens (primary N) is 1. The molecule has 2 amide bonds. The van der Waals surface area contributed by atoms with Crippen LogP contribution in [0.5, 0.6) is 5.75 Å². The van der Waals surface area contributed by atoms with Gasteiger partial charge in [-0.2, -0.15) is 0 Å². The number of carbonyl (C=O) groups is 3. The van der Waals surface area contributed by atoms with Crippen molar-refractivity contribution in [1.82, 2.24) is 5.32 Å². The zero-order chi connectivity index (χ0) is 15.3. The Bertz CT molecular complexity index is 526. The van der Waals surface area contributed by atoms with Crippen LogP contribution in [0.15, 0.2) is 24.3 Å². The summed E-state index contributed by atoms with van der Waals surface area (Å²) in [4.78, 5) is 34.2. The standard InChI is InChI=1S/C14H18N2O4/c1-8(2)12(13(15)18)16-14(19)10-5-4-6-11(7-10)20-9(3)17/h4-8,12H,1-3H3,(H2,15,18)(H,16,19)/t12-/m0/s1. The molecule has 0 radical (unpaired) electrons. The molecule has 1 rings (SSSR count). The maximum absolute atomic E-state index is 12.0. The minimum atomic E-state index is -0.750. The van der Waals surface area contributed by atoms with Crippen LogP contribution in [0.3, 0.4) is 0 Å². The highest BCUT2D eigenvalue weighted by Gasteiger charge is 2.22. The number of amides is 2. The summed E-state index contributed by atoms with van der Waals surface area (Å²) in [7, 11) is 0. The van der Waals surface area contributed by atoms with Crippen LogP contribution < -0.4 is 15.8 Å². The van der Waals surface area contributed by atoms with Crippen LogP contribution in [-0.2, 0) is 9.59 Å². The van der Waals surface area contributed by atoms with Gasteiger partial charge in [0.1, 0.15) is 11.8 Å². The molecule has 0 aliphatic heterocycles. The van der Waals surface area contributed by atoms with Gasteiger partial charge in [-0.25, -0.2) is 0 Å². The first-order valence-corrected chi connectivity index (χ1v) is 6.20. The average molecular weight is 278 g/mol. The van der Waals surface area contributed by atoms with E-state index < -0.39 is 23.8 Å². The number of hydrogen-bond acceptors (Lipinski definition) is 4. The summed E-state index contributed by atoms with van der Waals surface area (Å²) in [6, 6.07) is 5.38. The van der Waals surface area contributed by atoms with Crippen LogP contribution in [0.2, 0.25) is 0 Å². The smallest absolute Gasteiger partial charge is 0.308 e. The molecule has 0 heterocycles. The molecular formula is C14H18N2O4. The Labute approximate surface area is 117 Å². The van der Waals surface area contributed by atoms with E-state index in [0.717, 1.165) is 0 Å². The molecule has 3 N–H and O–H groups in total. The average Bonchev–Trinajstić information content (AvgIpc) is 2.34. The van der Waals surface area contributed by atoms with E-state index in [9.17, 15) is 14.4 Å². The number of nitrogens with one attached hydrogen (secondary N) is 1. The van der Waals surface area contributed by atoms with Gasteiger partial charge in [-0.1, -0.05) is 19.9 Å². The number of esters is 1. The quantitative estimate of drug-likeness (QED) is 0.616. The number of rotatable bonds is 5. The lowest BCUT2D eigenvalue weighted by molar-refractivity contribution is -0.131. The van der Waals surface area contributed by atoms with Gasteiger partial charge in [-0.15, -0.1) is 0 Å². The van der Waals surface area contributed by atoms with Gasteiger partial charge in [0.25, 0.3) is 5.91 Å². The van der Waals surface area contributed by atoms with Gasteiger partial charge in [0.05, 0.1) is 0 Å². The maximum Gasteiger partial charge on any atom is 0.308 e. The van der Waals surface area contributed by atoms with E-state index in [1.807, 2.05) is 0 Å². The van der Waals surface area contributed by atoms with Crippen molar-refractivity contribution in [3.63, 3.8) is 0 Å². The minimum absolute atomic E-state index is 0.117. The van der Waals surface area contributed by atoms with Crippen molar-refractivity contribution in [2.75, 3.05) is 0 Å². The van der Waals surface area contributed by atoms with Crippen molar-refractivity contribution >= 4 is 17.8 Å². The molecule has 1 aromatic rings. The largest absolute Gasteiger partial charge is 0.427 e. The van der Waals surface area contributed by atoms with Gasteiger partial charge in [0.15, 0.2) is 0 Å². The van der Waals surface area contributed by atoms with E-state index in [1.54, 1.807) is 32.0 Å². The second-order valence-electron chi connectivity index (χ2n) is 4.72. The number of primary amides is 1. The molecule has 0 saturated heterocycles. The Hall–Kier alpha value is -2.37. The molecule has 0 aliphatic rings. The fraction of sp³-hybridized carbons (Fsp3) is 0.357. The Morgan fingerprint density at radius 1 is 1.25 bits per heavy atom. The Kier molecular flexibility index (Phi) is 5.25. The molecule has 20 heavy (non-hydrogen) atoms. The lowest BCUT2D eigenvalue weighted by Gasteiger charge is -2.19. The zero-order valence-electron chi connectivity index (χ0n) is 11.7. The third-order valence-electron chi connectivity index (χ3n) is 2.62. The van der Waals surface area contributed by atoms with Gasteiger partial charge < -0.3 is 15.8 Å². The van der Waals surface area contributed by atoms with Crippen LogP contribution in [0.4, 0.5) is 0 Å². The van der Waals surface area contributed by atoms with Crippen LogP contribution in [0.1, 0.15) is 31.1 Å². The van der Waals surface area contributed by atoms with Crippen molar-refractivity contribution < 1.29 is 19.1 Å². The number of hydrogen-bond donors (Lipinski definition) is 2. The lowest BCUT2D eigenvalue weighted by Crippen LogP contribution is -2.47. The first-order chi connectivity index (χ1) is 9.31. The van der Waals surface area contributed by atoms with E-state index in [4.69, 9.17) is 10.5 Å². The second kappa shape index (κ2) is 6.70. The highest BCUT2D eigenvalue weighted by atomic mass is 16.5. The number of carbonyl (C=O) groups excluding carboxylic acids is 3. The van der Waals surface area contributed by atoms with Crippen LogP contribution in [0.25, 0.3) is 0 Å². The molecule has 0 spiro atoms. The molecule has 0 aromatic heterocycles.